The average molecular weight is 372 g/mol. The van der Waals surface area contributed by atoms with E-state index < -0.39 is 11.7 Å². The zero-order valence-corrected chi connectivity index (χ0v) is 14.5. The molecule has 0 aromatic heterocycles. The molecule has 2 heterocycles. The Morgan fingerprint density at radius 3 is 2.58 bits per heavy atom. The highest BCUT2D eigenvalue weighted by molar-refractivity contribution is 5.77. The van der Waals surface area contributed by atoms with Crippen LogP contribution in [0.5, 0.6) is 5.75 Å². The van der Waals surface area contributed by atoms with E-state index in [-0.39, 0.29) is 18.4 Å². The maximum atomic E-state index is 13.1. The second-order valence-corrected chi connectivity index (χ2v) is 6.56. The fourth-order valence-corrected chi connectivity index (χ4v) is 3.35. The van der Waals surface area contributed by atoms with Crippen molar-refractivity contribution >= 4 is 5.91 Å². The Bertz CT molecular complexity index is 625. The quantitative estimate of drug-likeness (QED) is 0.882. The molecule has 8 heteroatoms. The molecule has 26 heavy (non-hydrogen) atoms. The third-order valence-electron chi connectivity index (χ3n) is 4.83. The molecule has 0 unspecified atom stereocenters. The molecule has 3 rings (SSSR count). The first-order valence-electron chi connectivity index (χ1n) is 8.85. The molecule has 1 aromatic rings. The average Bonchev–Trinajstić information content (AvgIpc) is 2.66. The Balaban J connectivity index is 1.75. The standard InChI is InChI=1S/C18H23F3N2O3/c19-18(20,21)14-1-2-16(15(11-14)13-3-5-22-6-4-13)26-12-17(24)23-7-9-25-10-8-23/h1-2,11,13,22H,3-10,12H2. The van der Waals surface area contributed by atoms with Crippen LogP contribution in [0.15, 0.2) is 18.2 Å². The number of halogens is 3. The van der Waals surface area contributed by atoms with E-state index in [1.54, 1.807) is 4.90 Å². The number of carbonyl (C=O) groups excluding carboxylic acids is 1. The number of hydrogen-bond donors (Lipinski definition) is 1. The number of nitrogens with zero attached hydrogens (tertiary/aromatic N) is 1. The van der Waals surface area contributed by atoms with E-state index in [2.05, 4.69) is 5.32 Å². The molecular weight excluding hydrogens is 349 g/mol. The number of nitrogens with one attached hydrogen (secondary N) is 1. The van der Waals surface area contributed by atoms with Crippen molar-refractivity contribution in [1.29, 1.82) is 0 Å². The van der Waals surface area contributed by atoms with Crippen LogP contribution in [0, 0.1) is 0 Å². The summed E-state index contributed by atoms with van der Waals surface area (Å²) in [5.41, 5.74) is -0.144. The Kier molecular flexibility index (Phi) is 6.03. The Hall–Kier alpha value is -1.80. The lowest BCUT2D eigenvalue weighted by molar-refractivity contribution is -0.138. The summed E-state index contributed by atoms with van der Waals surface area (Å²) in [7, 11) is 0. The van der Waals surface area contributed by atoms with Crippen molar-refractivity contribution < 1.29 is 27.4 Å². The van der Waals surface area contributed by atoms with Crippen molar-refractivity contribution in [2.24, 2.45) is 0 Å². The number of hydrogen-bond acceptors (Lipinski definition) is 4. The molecule has 2 fully saturated rings. The van der Waals surface area contributed by atoms with E-state index in [1.165, 1.54) is 12.1 Å². The molecule has 1 aromatic carbocycles. The van der Waals surface area contributed by atoms with Crippen LogP contribution in [-0.4, -0.2) is 56.8 Å². The first kappa shape index (κ1) is 19.0. The van der Waals surface area contributed by atoms with Gasteiger partial charge in [-0.1, -0.05) is 0 Å². The summed E-state index contributed by atoms with van der Waals surface area (Å²) in [6.45, 7) is 3.34. The fraction of sp³-hybridized carbons (Fsp3) is 0.611. The van der Waals surface area contributed by atoms with Gasteiger partial charge in [-0.05, 0) is 55.6 Å². The molecule has 0 aliphatic carbocycles. The minimum atomic E-state index is -4.40. The lowest BCUT2D eigenvalue weighted by Crippen LogP contribution is -2.43. The predicted octanol–water partition coefficient (Wildman–Crippen LogP) is 2.41. The summed E-state index contributed by atoms with van der Waals surface area (Å²) in [6.07, 6.45) is -2.91. The maximum absolute atomic E-state index is 13.1. The maximum Gasteiger partial charge on any atom is 0.416 e. The van der Waals surface area contributed by atoms with Gasteiger partial charge < -0.3 is 19.7 Å². The highest BCUT2D eigenvalue weighted by Gasteiger charge is 2.32. The molecule has 0 radical (unpaired) electrons. The van der Waals surface area contributed by atoms with E-state index in [0.717, 1.165) is 32.0 Å². The highest BCUT2D eigenvalue weighted by atomic mass is 19.4. The fourth-order valence-electron chi connectivity index (χ4n) is 3.35. The van der Waals surface area contributed by atoms with Gasteiger partial charge in [-0.25, -0.2) is 0 Å². The molecule has 2 saturated heterocycles. The molecule has 2 aliphatic rings. The number of amides is 1. The van der Waals surface area contributed by atoms with Crippen LogP contribution in [0.3, 0.4) is 0 Å². The van der Waals surface area contributed by atoms with Gasteiger partial charge in [0, 0.05) is 13.1 Å². The van der Waals surface area contributed by atoms with Gasteiger partial charge in [-0.15, -0.1) is 0 Å². The second kappa shape index (κ2) is 8.26. The van der Waals surface area contributed by atoms with Crippen molar-refractivity contribution in [3.63, 3.8) is 0 Å². The number of ether oxygens (including phenoxy) is 2. The summed E-state index contributed by atoms with van der Waals surface area (Å²) < 4.78 is 50.2. The highest BCUT2D eigenvalue weighted by Crippen LogP contribution is 2.38. The van der Waals surface area contributed by atoms with E-state index in [9.17, 15) is 18.0 Å². The smallest absolute Gasteiger partial charge is 0.416 e. The van der Waals surface area contributed by atoms with E-state index in [4.69, 9.17) is 9.47 Å². The third kappa shape index (κ3) is 4.67. The largest absolute Gasteiger partial charge is 0.483 e. The minimum absolute atomic E-state index is 0.00737. The normalized spacial score (nSPS) is 19.4. The van der Waals surface area contributed by atoms with E-state index in [0.29, 0.717) is 37.6 Å². The Morgan fingerprint density at radius 2 is 1.92 bits per heavy atom. The minimum Gasteiger partial charge on any atom is -0.483 e. The van der Waals surface area contributed by atoms with Gasteiger partial charge in [0.2, 0.25) is 0 Å². The third-order valence-corrected chi connectivity index (χ3v) is 4.83. The molecule has 1 N–H and O–H groups in total. The lowest BCUT2D eigenvalue weighted by Gasteiger charge is -2.28. The Labute approximate surface area is 150 Å². The number of benzene rings is 1. The van der Waals surface area contributed by atoms with Crippen LogP contribution in [0.1, 0.15) is 29.9 Å². The number of morpholine rings is 1. The van der Waals surface area contributed by atoms with Crippen molar-refractivity contribution in [2.75, 3.05) is 46.0 Å². The van der Waals surface area contributed by atoms with Crippen molar-refractivity contribution in [3.05, 3.63) is 29.3 Å². The molecule has 0 atom stereocenters. The van der Waals surface area contributed by atoms with Crippen LogP contribution in [0.4, 0.5) is 13.2 Å². The predicted molar refractivity (Wildman–Crippen MR) is 89.2 cm³/mol. The monoisotopic (exact) mass is 372 g/mol. The number of piperidine rings is 1. The molecule has 1 amide bonds. The Morgan fingerprint density at radius 1 is 1.23 bits per heavy atom. The van der Waals surface area contributed by atoms with Gasteiger partial charge in [0.05, 0.1) is 18.8 Å². The van der Waals surface area contributed by atoms with Crippen molar-refractivity contribution in [3.8, 4) is 5.75 Å². The second-order valence-electron chi connectivity index (χ2n) is 6.56. The van der Waals surface area contributed by atoms with Crippen molar-refractivity contribution in [1.82, 2.24) is 10.2 Å². The summed E-state index contributed by atoms with van der Waals surface area (Å²) in [4.78, 5) is 13.9. The van der Waals surface area contributed by atoms with E-state index >= 15 is 0 Å². The van der Waals surface area contributed by atoms with Crippen LogP contribution in [-0.2, 0) is 15.7 Å². The number of alkyl halides is 3. The zero-order valence-electron chi connectivity index (χ0n) is 14.5. The summed E-state index contributed by atoms with van der Waals surface area (Å²) in [5, 5.41) is 3.21. The topological polar surface area (TPSA) is 50.8 Å². The number of carbonyl (C=O) groups is 1. The summed E-state index contributed by atoms with van der Waals surface area (Å²) >= 11 is 0. The number of rotatable bonds is 4. The van der Waals surface area contributed by atoms with Gasteiger partial charge >= 0.3 is 6.18 Å². The van der Waals surface area contributed by atoms with Gasteiger partial charge in [-0.2, -0.15) is 13.2 Å². The first-order chi connectivity index (χ1) is 12.4. The van der Waals surface area contributed by atoms with Crippen LogP contribution in [0.25, 0.3) is 0 Å². The van der Waals surface area contributed by atoms with Crippen molar-refractivity contribution in [2.45, 2.75) is 24.9 Å². The van der Waals surface area contributed by atoms with Gasteiger partial charge in [0.15, 0.2) is 6.61 Å². The van der Waals surface area contributed by atoms with Gasteiger partial charge in [-0.3, -0.25) is 4.79 Å². The SMILES string of the molecule is O=C(COc1ccc(C(F)(F)F)cc1C1CCNCC1)N1CCOCC1. The molecule has 0 saturated carbocycles. The molecular formula is C18H23F3N2O3. The summed E-state index contributed by atoms with van der Waals surface area (Å²) in [6, 6.07) is 3.52. The van der Waals surface area contributed by atoms with Crippen LogP contribution in [0.2, 0.25) is 0 Å². The molecule has 0 spiro atoms. The summed E-state index contributed by atoms with van der Waals surface area (Å²) in [5.74, 6) is 0.183. The molecule has 0 bridgehead atoms. The first-order valence-corrected chi connectivity index (χ1v) is 8.85. The van der Waals surface area contributed by atoms with Gasteiger partial charge in [0.1, 0.15) is 5.75 Å². The van der Waals surface area contributed by atoms with Gasteiger partial charge in [0.25, 0.3) is 5.91 Å². The van der Waals surface area contributed by atoms with E-state index in [1.807, 2.05) is 0 Å². The van der Waals surface area contributed by atoms with Crippen LogP contribution < -0.4 is 10.1 Å². The molecule has 2 aliphatic heterocycles. The zero-order chi connectivity index (χ0) is 18.6. The molecule has 5 nitrogen and oxygen atoms in total. The molecule has 144 valence electrons. The lowest BCUT2D eigenvalue weighted by atomic mass is 9.88. The van der Waals surface area contributed by atoms with Crippen LogP contribution >= 0.6 is 0 Å².